The Morgan fingerprint density at radius 2 is 2.13 bits per heavy atom. The molecule has 0 aliphatic heterocycles. The SMILES string of the molecule is C=Cc1cc(C=O)n(CC2CC2)c1C=C. The van der Waals surface area contributed by atoms with Crippen LogP contribution in [0.15, 0.2) is 19.2 Å². The van der Waals surface area contributed by atoms with Crippen molar-refractivity contribution in [3.05, 3.63) is 36.2 Å². The molecule has 0 N–H and O–H groups in total. The van der Waals surface area contributed by atoms with Crippen LogP contribution in [0.5, 0.6) is 0 Å². The average molecular weight is 201 g/mol. The van der Waals surface area contributed by atoms with Crippen molar-refractivity contribution in [1.29, 1.82) is 0 Å². The van der Waals surface area contributed by atoms with Gasteiger partial charge in [-0.15, -0.1) is 0 Å². The highest BCUT2D eigenvalue weighted by Crippen LogP contribution is 2.32. The molecule has 0 saturated heterocycles. The number of carbonyl (C=O) groups is 1. The molecule has 1 heterocycles. The molecule has 1 fully saturated rings. The van der Waals surface area contributed by atoms with Crippen LogP contribution in [0.1, 0.15) is 34.6 Å². The lowest BCUT2D eigenvalue weighted by molar-refractivity contribution is 0.111. The van der Waals surface area contributed by atoms with E-state index in [0.29, 0.717) is 0 Å². The van der Waals surface area contributed by atoms with Crippen LogP contribution in [-0.4, -0.2) is 10.9 Å². The first-order chi connectivity index (χ1) is 7.30. The maximum Gasteiger partial charge on any atom is 0.166 e. The number of nitrogens with zero attached hydrogens (tertiary/aromatic N) is 1. The van der Waals surface area contributed by atoms with Crippen molar-refractivity contribution in [2.75, 3.05) is 0 Å². The van der Waals surface area contributed by atoms with Gasteiger partial charge >= 0.3 is 0 Å². The minimum Gasteiger partial charge on any atom is -0.338 e. The molecule has 0 unspecified atom stereocenters. The highest BCUT2D eigenvalue weighted by Gasteiger charge is 2.24. The summed E-state index contributed by atoms with van der Waals surface area (Å²) >= 11 is 0. The Bertz CT molecular complexity index is 410. The van der Waals surface area contributed by atoms with Crippen LogP contribution >= 0.6 is 0 Å². The van der Waals surface area contributed by atoms with Crippen LogP contribution < -0.4 is 0 Å². The molecule has 0 amide bonds. The molecule has 1 aliphatic rings. The number of aromatic nitrogens is 1. The quantitative estimate of drug-likeness (QED) is 0.671. The molecule has 2 rings (SSSR count). The second-order valence-electron chi connectivity index (χ2n) is 3.99. The van der Waals surface area contributed by atoms with Crippen molar-refractivity contribution in [2.24, 2.45) is 5.92 Å². The predicted octanol–water partition coefficient (Wildman–Crippen LogP) is 3.00. The van der Waals surface area contributed by atoms with Crippen LogP contribution in [0.2, 0.25) is 0 Å². The minimum atomic E-state index is 0.728. The van der Waals surface area contributed by atoms with Crippen molar-refractivity contribution < 1.29 is 4.79 Å². The van der Waals surface area contributed by atoms with E-state index in [1.807, 2.05) is 6.07 Å². The molecule has 0 radical (unpaired) electrons. The summed E-state index contributed by atoms with van der Waals surface area (Å²) in [5, 5.41) is 0. The summed E-state index contributed by atoms with van der Waals surface area (Å²) in [4.78, 5) is 10.9. The van der Waals surface area contributed by atoms with Gasteiger partial charge in [0.05, 0.1) is 5.69 Å². The average Bonchev–Trinajstić information content (AvgIpc) is 2.99. The van der Waals surface area contributed by atoms with Gasteiger partial charge in [-0.1, -0.05) is 19.2 Å². The van der Waals surface area contributed by atoms with E-state index < -0.39 is 0 Å². The highest BCUT2D eigenvalue weighted by molar-refractivity contribution is 5.78. The fourth-order valence-corrected chi connectivity index (χ4v) is 1.86. The molecule has 78 valence electrons. The largest absolute Gasteiger partial charge is 0.338 e. The molecule has 0 aromatic carbocycles. The summed E-state index contributed by atoms with van der Waals surface area (Å²) in [5.41, 5.74) is 2.73. The number of rotatable bonds is 5. The molecule has 15 heavy (non-hydrogen) atoms. The lowest BCUT2D eigenvalue weighted by atomic mass is 10.2. The lowest BCUT2D eigenvalue weighted by Crippen LogP contribution is -2.05. The Kier molecular flexibility index (Phi) is 2.58. The van der Waals surface area contributed by atoms with E-state index in [2.05, 4.69) is 17.7 Å². The Morgan fingerprint density at radius 3 is 2.60 bits per heavy atom. The molecule has 1 saturated carbocycles. The molecule has 1 aromatic heterocycles. The smallest absolute Gasteiger partial charge is 0.166 e. The van der Waals surface area contributed by atoms with Crippen molar-refractivity contribution in [1.82, 2.24) is 4.57 Å². The van der Waals surface area contributed by atoms with Gasteiger partial charge in [-0.3, -0.25) is 4.79 Å². The van der Waals surface area contributed by atoms with Crippen molar-refractivity contribution in [3.63, 3.8) is 0 Å². The fourth-order valence-electron chi connectivity index (χ4n) is 1.86. The van der Waals surface area contributed by atoms with Gasteiger partial charge in [-0.25, -0.2) is 0 Å². The van der Waals surface area contributed by atoms with E-state index in [1.54, 1.807) is 12.2 Å². The van der Waals surface area contributed by atoms with E-state index in [0.717, 1.165) is 35.7 Å². The summed E-state index contributed by atoms with van der Waals surface area (Å²) < 4.78 is 2.05. The third-order valence-electron chi connectivity index (χ3n) is 2.87. The molecule has 0 atom stereocenters. The zero-order valence-electron chi connectivity index (χ0n) is 8.78. The van der Waals surface area contributed by atoms with Gasteiger partial charge in [0.1, 0.15) is 0 Å². The van der Waals surface area contributed by atoms with Crippen LogP contribution in [0.4, 0.5) is 0 Å². The maximum atomic E-state index is 10.9. The van der Waals surface area contributed by atoms with Crippen LogP contribution in [-0.2, 0) is 6.54 Å². The van der Waals surface area contributed by atoms with E-state index in [4.69, 9.17) is 0 Å². The van der Waals surface area contributed by atoms with Gasteiger partial charge in [0.25, 0.3) is 0 Å². The van der Waals surface area contributed by atoms with Gasteiger partial charge in [0.15, 0.2) is 6.29 Å². The molecule has 0 spiro atoms. The predicted molar refractivity (Wildman–Crippen MR) is 62.7 cm³/mol. The Balaban J connectivity index is 2.44. The second-order valence-corrected chi connectivity index (χ2v) is 3.99. The van der Waals surface area contributed by atoms with Crippen molar-refractivity contribution in [2.45, 2.75) is 19.4 Å². The van der Waals surface area contributed by atoms with Gasteiger partial charge in [-0.05, 0) is 36.5 Å². The monoisotopic (exact) mass is 201 g/mol. The topological polar surface area (TPSA) is 22.0 Å². The standard InChI is InChI=1S/C13H15NO/c1-3-11-7-12(9-15)14(13(11)4-2)8-10-5-6-10/h3-4,7,9-10H,1-2,5-6,8H2. The fraction of sp³-hybridized carbons (Fsp3) is 0.308. The van der Waals surface area contributed by atoms with E-state index in [1.165, 1.54) is 12.8 Å². The van der Waals surface area contributed by atoms with Crippen LogP contribution in [0.3, 0.4) is 0 Å². The summed E-state index contributed by atoms with van der Waals surface area (Å²) in [7, 11) is 0. The normalized spacial score (nSPS) is 14.9. The molecule has 2 nitrogen and oxygen atoms in total. The first kappa shape index (κ1) is 9.97. The molecular weight excluding hydrogens is 186 g/mol. The van der Waals surface area contributed by atoms with Crippen molar-refractivity contribution in [3.8, 4) is 0 Å². The molecule has 0 bridgehead atoms. The first-order valence-electron chi connectivity index (χ1n) is 5.23. The van der Waals surface area contributed by atoms with E-state index >= 15 is 0 Å². The molecule has 1 aromatic rings. The van der Waals surface area contributed by atoms with Gasteiger partial charge in [0, 0.05) is 12.2 Å². The second kappa shape index (κ2) is 3.89. The first-order valence-corrected chi connectivity index (χ1v) is 5.23. The molecule has 2 heteroatoms. The number of carbonyl (C=O) groups excluding carboxylic acids is 1. The van der Waals surface area contributed by atoms with Gasteiger partial charge < -0.3 is 4.57 Å². The molecular formula is C13H15NO. The third kappa shape index (κ3) is 1.80. The third-order valence-corrected chi connectivity index (χ3v) is 2.87. The van der Waals surface area contributed by atoms with Gasteiger partial charge in [0.2, 0.25) is 0 Å². The zero-order valence-corrected chi connectivity index (χ0v) is 8.78. The number of hydrogen-bond acceptors (Lipinski definition) is 1. The maximum absolute atomic E-state index is 10.9. The summed E-state index contributed by atoms with van der Waals surface area (Å²) in [6.07, 6.45) is 7.02. The Labute approximate surface area is 89.9 Å². The van der Waals surface area contributed by atoms with Crippen LogP contribution in [0, 0.1) is 5.92 Å². The number of hydrogen-bond donors (Lipinski definition) is 0. The van der Waals surface area contributed by atoms with E-state index in [-0.39, 0.29) is 0 Å². The lowest BCUT2D eigenvalue weighted by Gasteiger charge is -2.07. The Morgan fingerprint density at radius 1 is 1.40 bits per heavy atom. The van der Waals surface area contributed by atoms with Crippen LogP contribution in [0.25, 0.3) is 12.2 Å². The number of aldehydes is 1. The van der Waals surface area contributed by atoms with E-state index in [9.17, 15) is 4.79 Å². The van der Waals surface area contributed by atoms with Gasteiger partial charge in [-0.2, -0.15) is 0 Å². The summed E-state index contributed by atoms with van der Waals surface area (Å²) in [6.45, 7) is 8.47. The highest BCUT2D eigenvalue weighted by atomic mass is 16.1. The Hall–Kier alpha value is -1.57. The zero-order chi connectivity index (χ0) is 10.8. The summed E-state index contributed by atoms with van der Waals surface area (Å²) in [5.74, 6) is 0.743. The van der Waals surface area contributed by atoms with Crippen molar-refractivity contribution >= 4 is 18.4 Å². The summed E-state index contributed by atoms with van der Waals surface area (Å²) in [6, 6.07) is 1.87. The molecule has 1 aliphatic carbocycles. The minimum absolute atomic E-state index is 0.728.